The van der Waals surface area contributed by atoms with Crippen molar-refractivity contribution in [2.24, 2.45) is 0 Å². The van der Waals surface area contributed by atoms with Gasteiger partial charge in [0.15, 0.2) is 0 Å². The highest BCUT2D eigenvalue weighted by molar-refractivity contribution is 7.86. The molecule has 0 aliphatic carbocycles. The smallest absolute Gasteiger partial charge is 0.425 e. The van der Waals surface area contributed by atoms with Gasteiger partial charge in [-0.3, -0.25) is 23.8 Å². The minimum absolute atomic E-state index is 0.0646. The van der Waals surface area contributed by atoms with E-state index in [4.69, 9.17) is 26.6 Å². The zero-order chi connectivity index (χ0) is 52.5. The SMILES string of the molecule is CC1=CC(C)(C)N(C)c2cc3c(cc21)C1(c2cc4c(cc2O3)N(C)C(C)(C)C=C4CS(=O)(=O)O)c2ccc(C(=O)ON3C(=O)CCC3=O)cc2C(=O)N1c1ccc2c(C(F)(F)F)cc(=O)oc2c1.O=S(=O)=O. The van der Waals surface area contributed by atoms with E-state index in [1.165, 1.54) is 29.2 Å². The van der Waals surface area contributed by atoms with Gasteiger partial charge in [0.25, 0.3) is 27.8 Å². The molecule has 0 radical (unpaired) electrons. The molecule has 1 unspecified atom stereocenters. The minimum atomic E-state index is -4.97. The highest BCUT2D eigenvalue weighted by Gasteiger charge is 2.58. The van der Waals surface area contributed by atoms with Crippen LogP contribution >= 0.6 is 0 Å². The van der Waals surface area contributed by atoms with Crippen LogP contribution in [0.2, 0.25) is 0 Å². The van der Waals surface area contributed by atoms with Crippen LogP contribution in [0.25, 0.3) is 22.1 Å². The highest BCUT2D eigenvalue weighted by atomic mass is 32.2. The number of alkyl halides is 3. The molecular formula is C49H41F3N4O14S2. The van der Waals surface area contributed by atoms with Crippen LogP contribution < -0.4 is 25.1 Å². The number of carbonyl (C=O) groups is 4. The average molecular weight is 1030 g/mol. The topological polar surface area (TPSA) is 235 Å². The van der Waals surface area contributed by atoms with Crippen molar-refractivity contribution in [3.63, 3.8) is 0 Å². The number of hydrogen-bond donors (Lipinski definition) is 1. The van der Waals surface area contributed by atoms with Crippen molar-refractivity contribution in [1.82, 2.24) is 5.06 Å². The van der Waals surface area contributed by atoms with E-state index >= 15 is 4.79 Å². The van der Waals surface area contributed by atoms with E-state index in [-0.39, 0.29) is 57.9 Å². The van der Waals surface area contributed by atoms with Crippen molar-refractivity contribution in [2.75, 3.05) is 34.5 Å². The number of nitrogens with zero attached hydrogens (tertiary/aromatic N) is 4. The highest BCUT2D eigenvalue weighted by Crippen LogP contribution is 2.62. The second-order valence-corrected chi connectivity index (χ2v) is 20.8. The van der Waals surface area contributed by atoms with Gasteiger partial charge in [-0.15, -0.1) is 17.7 Å². The molecule has 3 amide bonds. The molecule has 1 atom stereocenters. The van der Waals surface area contributed by atoms with Crippen molar-refractivity contribution >= 4 is 83.6 Å². The lowest BCUT2D eigenvalue weighted by Gasteiger charge is -2.47. The Hall–Kier alpha value is -7.63. The van der Waals surface area contributed by atoms with Crippen LogP contribution in [0.4, 0.5) is 30.2 Å². The van der Waals surface area contributed by atoms with Crippen molar-refractivity contribution in [1.29, 1.82) is 0 Å². The van der Waals surface area contributed by atoms with E-state index in [1.807, 2.05) is 58.7 Å². The minimum Gasteiger partial charge on any atom is -0.456 e. The predicted molar refractivity (Wildman–Crippen MR) is 253 cm³/mol. The summed E-state index contributed by atoms with van der Waals surface area (Å²) in [6.07, 6.45) is -1.55. The second-order valence-electron chi connectivity index (χ2n) is 18.9. The Kier molecular flexibility index (Phi) is 11.3. The lowest BCUT2D eigenvalue weighted by Crippen LogP contribution is -2.48. The van der Waals surface area contributed by atoms with Gasteiger partial charge in [0.2, 0.25) is 0 Å². The summed E-state index contributed by atoms with van der Waals surface area (Å²) < 4.78 is 117. The number of likely N-dealkylation sites (N-methyl/N-ethyl adjacent to an activating group) is 2. The van der Waals surface area contributed by atoms with E-state index < -0.39 is 95.1 Å². The summed E-state index contributed by atoms with van der Waals surface area (Å²) in [5.74, 6) is -3.77. The first-order valence-corrected chi connectivity index (χ1v) is 24.4. The zero-order valence-electron chi connectivity index (χ0n) is 39.1. The molecule has 0 saturated carbocycles. The fourth-order valence-corrected chi connectivity index (χ4v) is 10.9. The van der Waals surface area contributed by atoms with Crippen molar-refractivity contribution in [3.05, 3.63) is 134 Å². The third-order valence-electron chi connectivity index (χ3n) is 13.7. The van der Waals surface area contributed by atoms with E-state index in [0.29, 0.717) is 27.9 Å². The Morgan fingerprint density at radius 2 is 1.35 bits per heavy atom. The number of fused-ring (bicyclic) bond motifs is 9. The molecule has 72 heavy (non-hydrogen) atoms. The third kappa shape index (κ3) is 7.91. The van der Waals surface area contributed by atoms with Crippen LogP contribution in [0, 0.1) is 0 Å². The van der Waals surface area contributed by atoms with Gasteiger partial charge in [-0.1, -0.05) is 18.2 Å². The number of hydroxylamine groups is 2. The molecule has 18 nitrogen and oxygen atoms in total. The number of carbonyl (C=O) groups excluding carboxylic acids is 4. The number of imide groups is 1. The number of hydrogen-bond acceptors (Lipinski definition) is 15. The van der Waals surface area contributed by atoms with Crippen molar-refractivity contribution < 1.29 is 71.9 Å². The molecule has 1 aromatic heterocycles. The quantitative estimate of drug-likeness (QED) is 0.104. The summed E-state index contributed by atoms with van der Waals surface area (Å²) >= 11 is 0. The number of anilines is 3. The summed E-state index contributed by atoms with van der Waals surface area (Å²) in [4.78, 5) is 77.6. The van der Waals surface area contributed by atoms with Crippen LogP contribution in [0.15, 0.2) is 88.1 Å². The monoisotopic (exact) mass is 1030 g/mol. The fourth-order valence-electron chi connectivity index (χ4n) is 10.2. The molecule has 5 aromatic rings. The molecule has 6 heterocycles. The molecule has 10 rings (SSSR count). The molecule has 4 aromatic carbocycles. The van der Waals surface area contributed by atoms with Gasteiger partial charge in [-0.05, 0) is 82.2 Å². The second kappa shape index (κ2) is 16.5. The molecule has 0 bridgehead atoms. The summed E-state index contributed by atoms with van der Waals surface area (Å²) in [6, 6.07) is 14.9. The van der Waals surface area contributed by atoms with Gasteiger partial charge >= 0.3 is 28.4 Å². The molecule has 374 valence electrons. The third-order valence-corrected chi connectivity index (χ3v) is 14.4. The lowest BCUT2D eigenvalue weighted by atomic mass is 9.72. The van der Waals surface area contributed by atoms with Crippen LogP contribution in [-0.2, 0) is 46.9 Å². The van der Waals surface area contributed by atoms with Crippen LogP contribution in [0.5, 0.6) is 11.5 Å². The summed E-state index contributed by atoms with van der Waals surface area (Å²) in [5.41, 5.74) is -2.46. The molecular weight excluding hydrogens is 990 g/mol. The standard InChI is InChI=1S/C49H41F3N4O11S.O3S/c1-24-21-46(2,3)53(6)36-19-39-34(16-29(24)36)48(35-17-30-26(23-68(62,63)64)22-47(4,5)54(7)37(30)20-40(35)65-39)32-11-8-25(45(61)67-56-41(57)12-13-42(56)58)14-31(32)44(60)55(48)27-9-10-28-33(49(50,51)52)18-43(59)66-38(28)15-27;1-4(2)3/h8-11,14-22H,12-13,23H2,1-7H3,(H,62,63,64);. The first-order valence-electron chi connectivity index (χ1n) is 21.8. The number of benzene rings is 4. The van der Waals surface area contributed by atoms with E-state index in [2.05, 4.69) is 11.0 Å². The Morgan fingerprint density at radius 3 is 1.93 bits per heavy atom. The average Bonchev–Trinajstić information content (AvgIpc) is 3.72. The first kappa shape index (κ1) is 49.4. The Morgan fingerprint density at radius 1 is 0.778 bits per heavy atom. The number of rotatable bonds is 5. The summed E-state index contributed by atoms with van der Waals surface area (Å²) in [7, 11) is -4.04. The van der Waals surface area contributed by atoms with Gasteiger partial charge in [0, 0.05) is 107 Å². The number of allylic oxidation sites excluding steroid dienone is 1. The fraction of sp³-hybridized carbons (Fsp3) is 0.286. The van der Waals surface area contributed by atoms with Crippen LogP contribution in [-0.4, -0.2) is 85.3 Å². The van der Waals surface area contributed by atoms with Crippen LogP contribution in [0.1, 0.15) is 102 Å². The number of amides is 3. The summed E-state index contributed by atoms with van der Waals surface area (Å²) in [6.45, 7) is 9.70. The van der Waals surface area contributed by atoms with E-state index in [0.717, 1.165) is 29.0 Å². The van der Waals surface area contributed by atoms with E-state index in [1.54, 1.807) is 25.3 Å². The Labute approximate surface area is 409 Å². The zero-order valence-corrected chi connectivity index (χ0v) is 40.8. The Balaban J connectivity index is 0.00000154. The first-order chi connectivity index (χ1) is 33.4. The maximum atomic E-state index is 15.7. The van der Waals surface area contributed by atoms with E-state index in [9.17, 15) is 45.3 Å². The number of halogens is 3. The van der Waals surface area contributed by atoms with Gasteiger partial charge in [-0.2, -0.15) is 21.6 Å². The number of ether oxygens (including phenoxy) is 1. The molecule has 5 aliphatic rings. The van der Waals surface area contributed by atoms with Crippen molar-refractivity contribution in [3.8, 4) is 11.5 Å². The summed E-state index contributed by atoms with van der Waals surface area (Å²) in [5, 5.41) is -0.104. The molecule has 1 spiro atoms. The van der Waals surface area contributed by atoms with Gasteiger partial charge in [0.05, 0.1) is 22.2 Å². The van der Waals surface area contributed by atoms with Gasteiger partial charge in [0.1, 0.15) is 28.4 Å². The molecule has 23 heteroatoms. The maximum absolute atomic E-state index is 15.7. The molecule has 1 fully saturated rings. The molecule has 1 N–H and O–H groups in total. The normalized spacial score (nSPS) is 19.3. The van der Waals surface area contributed by atoms with Crippen molar-refractivity contribution in [2.45, 2.75) is 70.3 Å². The lowest BCUT2D eigenvalue weighted by molar-refractivity contribution is -0.172. The molecule has 1 saturated heterocycles. The maximum Gasteiger partial charge on any atom is 0.425 e. The predicted octanol–water partition coefficient (Wildman–Crippen LogP) is 7.22. The largest absolute Gasteiger partial charge is 0.456 e. The van der Waals surface area contributed by atoms with Gasteiger partial charge < -0.3 is 23.8 Å². The van der Waals surface area contributed by atoms with Crippen LogP contribution in [0.3, 0.4) is 0 Å². The van der Waals surface area contributed by atoms with Gasteiger partial charge in [-0.25, -0.2) is 9.59 Å². The Bertz CT molecular complexity index is 3660. The molecule has 5 aliphatic heterocycles.